The number of nitrogens with zero attached hydrogens (tertiary/aromatic N) is 3. The van der Waals surface area contributed by atoms with Crippen LogP contribution in [0.3, 0.4) is 0 Å². The van der Waals surface area contributed by atoms with E-state index < -0.39 is 10.0 Å². The quantitative estimate of drug-likeness (QED) is 0.540. The first kappa shape index (κ1) is 21.0. The molecule has 0 saturated carbocycles. The molecule has 0 atom stereocenters. The lowest BCUT2D eigenvalue weighted by Gasteiger charge is -2.22. The van der Waals surface area contributed by atoms with Gasteiger partial charge >= 0.3 is 0 Å². The molecule has 3 aromatic rings. The van der Waals surface area contributed by atoms with Gasteiger partial charge in [-0.25, -0.2) is 8.42 Å². The number of hydrogen-bond donors (Lipinski definition) is 0. The van der Waals surface area contributed by atoms with Crippen molar-refractivity contribution in [3.05, 3.63) is 77.2 Å². The molecule has 1 aromatic heterocycles. The summed E-state index contributed by atoms with van der Waals surface area (Å²) in [7, 11) is -3.77. The predicted octanol–water partition coefficient (Wildman–Crippen LogP) is 4.35. The number of benzene rings is 2. The lowest BCUT2D eigenvalue weighted by atomic mass is 10.1. The number of rotatable bonds is 7. The molecule has 0 spiro atoms. The summed E-state index contributed by atoms with van der Waals surface area (Å²) in [5.41, 5.74) is 4.34. The summed E-state index contributed by atoms with van der Waals surface area (Å²) < 4.78 is 33.4. The van der Waals surface area contributed by atoms with Crippen LogP contribution in [0, 0.1) is 27.7 Å². The van der Waals surface area contributed by atoms with E-state index in [2.05, 4.69) is 16.7 Å². The van der Waals surface area contributed by atoms with Gasteiger partial charge in [-0.1, -0.05) is 52.7 Å². The summed E-state index contributed by atoms with van der Waals surface area (Å²) in [5, 5.41) is 4.01. The van der Waals surface area contributed by atoms with Crippen molar-refractivity contribution in [2.24, 2.45) is 0 Å². The zero-order valence-electron chi connectivity index (χ0n) is 17.1. The van der Waals surface area contributed by atoms with Gasteiger partial charge in [-0.2, -0.15) is 9.29 Å². The molecule has 0 aliphatic heterocycles. The van der Waals surface area contributed by atoms with Crippen molar-refractivity contribution >= 4 is 10.0 Å². The Morgan fingerprint density at radius 1 is 1.07 bits per heavy atom. The van der Waals surface area contributed by atoms with E-state index >= 15 is 0 Å². The highest BCUT2D eigenvalue weighted by atomic mass is 32.2. The minimum atomic E-state index is -3.77. The van der Waals surface area contributed by atoms with Gasteiger partial charge in [0.15, 0.2) is 0 Å². The molecular weight excluding hydrogens is 386 g/mol. The summed E-state index contributed by atoms with van der Waals surface area (Å²) in [6, 6.07) is 11.5. The highest BCUT2D eigenvalue weighted by molar-refractivity contribution is 7.89. The molecule has 0 bridgehead atoms. The van der Waals surface area contributed by atoms with Gasteiger partial charge in [0.05, 0.1) is 11.4 Å². The van der Waals surface area contributed by atoms with Gasteiger partial charge in [-0.15, -0.1) is 6.58 Å². The Labute approximate surface area is 171 Å². The van der Waals surface area contributed by atoms with Crippen molar-refractivity contribution in [1.82, 2.24) is 14.4 Å². The predicted molar refractivity (Wildman–Crippen MR) is 113 cm³/mol. The first-order valence-electron chi connectivity index (χ1n) is 9.31. The molecule has 0 saturated heterocycles. The highest BCUT2D eigenvalue weighted by Crippen LogP contribution is 2.26. The number of sulfonamides is 1. The summed E-state index contributed by atoms with van der Waals surface area (Å²) in [6.07, 6.45) is 1.55. The fraction of sp³-hybridized carbons (Fsp3) is 0.273. The Balaban J connectivity index is 1.94. The van der Waals surface area contributed by atoms with E-state index in [1.165, 1.54) is 4.31 Å². The fourth-order valence-corrected chi connectivity index (χ4v) is 5.24. The zero-order valence-corrected chi connectivity index (χ0v) is 18.0. The van der Waals surface area contributed by atoms with Crippen molar-refractivity contribution in [2.45, 2.75) is 39.1 Å². The van der Waals surface area contributed by atoms with Gasteiger partial charge in [0.2, 0.25) is 21.7 Å². The minimum Gasteiger partial charge on any atom is -0.338 e. The summed E-state index contributed by atoms with van der Waals surface area (Å²) >= 11 is 0. The third-order valence-electron chi connectivity index (χ3n) is 4.59. The molecule has 0 unspecified atom stereocenters. The normalized spacial score (nSPS) is 11.8. The maximum atomic E-state index is 13.4. The summed E-state index contributed by atoms with van der Waals surface area (Å²) in [6.45, 7) is 11.3. The van der Waals surface area contributed by atoms with E-state index in [0.29, 0.717) is 21.8 Å². The van der Waals surface area contributed by atoms with E-state index in [1.807, 2.05) is 64.1 Å². The van der Waals surface area contributed by atoms with Crippen LogP contribution >= 0.6 is 0 Å². The van der Waals surface area contributed by atoms with Crippen LogP contribution in [0.15, 0.2) is 58.5 Å². The Bertz CT molecular complexity index is 1130. The van der Waals surface area contributed by atoms with E-state index in [-0.39, 0.29) is 19.0 Å². The SMILES string of the molecule is C=CCN(Cc1nc(-c2cccc(C)c2)no1)S(=O)(=O)c1c(C)cc(C)cc1C. The fourth-order valence-electron chi connectivity index (χ4n) is 3.47. The van der Waals surface area contributed by atoms with Crippen molar-refractivity contribution in [3.63, 3.8) is 0 Å². The summed E-state index contributed by atoms with van der Waals surface area (Å²) in [5.74, 6) is 0.664. The molecule has 0 amide bonds. The van der Waals surface area contributed by atoms with Crippen LogP contribution in [0.1, 0.15) is 28.1 Å². The Kier molecular flexibility index (Phi) is 6.00. The van der Waals surface area contributed by atoms with Crippen LogP contribution in [0.2, 0.25) is 0 Å². The van der Waals surface area contributed by atoms with E-state index in [4.69, 9.17) is 4.52 Å². The van der Waals surface area contributed by atoms with Crippen LogP contribution in [0.25, 0.3) is 11.4 Å². The number of aryl methyl sites for hydroxylation is 4. The first-order chi connectivity index (χ1) is 13.7. The van der Waals surface area contributed by atoms with E-state index in [9.17, 15) is 8.42 Å². The molecule has 29 heavy (non-hydrogen) atoms. The van der Waals surface area contributed by atoms with E-state index in [1.54, 1.807) is 6.08 Å². The van der Waals surface area contributed by atoms with E-state index in [0.717, 1.165) is 16.7 Å². The van der Waals surface area contributed by atoms with Crippen LogP contribution < -0.4 is 0 Å². The minimum absolute atomic E-state index is 0.0279. The maximum Gasteiger partial charge on any atom is 0.244 e. The molecule has 7 heteroatoms. The van der Waals surface area contributed by atoms with Crippen LogP contribution in [0.4, 0.5) is 0 Å². The van der Waals surface area contributed by atoms with Gasteiger partial charge in [-0.05, 0) is 44.9 Å². The molecule has 0 aliphatic carbocycles. The highest BCUT2D eigenvalue weighted by Gasteiger charge is 2.29. The number of aromatic nitrogens is 2. The van der Waals surface area contributed by atoms with Crippen molar-refractivity contribution in [3.8, 4) is 11.4 Å². The average molecular weight is 412 g/mol. The molecule has 0 aliphatic rings. The molecule has 0 N–H and O–H groups in total. The molecule has 152 valence electrons. The van der Waals surface area contributed by atoms with Gasteiger partial charge < -0.3 is 4.52 Å². The molecule has 0 radical (unpaired) electrons. The first-order valence-corrected chi connectivity index (χ1v) is 10.7. The standard InChI is InChI=1S/C22H25N3O3S/c1-6-10-25(29(26,27)21-17(4)11-16(3)12-18(21)5)14-20-23-22(24-28-20)19-9-7-8-15(2)13-19/h6-9,11-13H,1,10,14H2,2-5H3. The zero-order chi connectivity index (χ0) is 21.2. The number of hydrogen-bond acceptors (Lipinski definition) is 5. The molecular formula is C22H25N3O3S. The molecule has 3 rings (SSSR count). The second kappa shape index (κ2) is 8.31. The van der Waals surface area contributed by atoms with Crippen LogP contribution in [-0.2, 0) is 16.6 Å². The Morgan fingerprint density at radius 3 is 2.38 bits per heavy atom. The van der Waals surface area contributed by atoms with Crippen LogP contribution in [0.5, 0.6) is 0 Å². The molecule has 0 fully saturated rings. The van der Waals surface area contributed by atoms with Gasteiger partial charge in [-0.3, -0.25) is 0 Å². The lowest BCUT2D eigenvalue weighted by Crippen LogP contribution is -2.32. The smallest absolute Gasteiger partial charge is 0.244 e. The van der Waals surface area contributed by atoms with Crippen molar-refractivity contribution < 1.29 is 12.9 Å². The summed E-state index contributed by atoms with van der Waals surface area (Å²) in [4.78, 5) is 4.70. The second-order valence-corrected chi connectivity index (χ2v) is 9.07. The van der Waals surface area contributed by atoms with Crippen LogP contribution in [-0.4, -0.2) is 29.4 Å². The molecule has 6 nitrogen and oxygen atoms in total. The topological polar surface area (TPSA) is 76.3 Å². The van der Waals surface area contributed by atoms with Crippen molar-refractivity contribution in [1.29, 1.82) is 0 Å². The monoisotopic (exact) mass is 411 g/mol. The molecule has 1 heterocycles. The average Bonchev–Trinajstić information content (AvgIpc) is 3.09. The third-order valence-corrected chi connectivity index (χ3v) is 6.71. The van der Waals surface area contributed by atoms with Crippen molar-refractivity contribution in [2.75, 3.05) is 6.54 Å². The Morgan fingerprint density at radius 2 is 1.76 bits per heavy atom. The third kappa shape index (κ3) is 4.46. The largest absolute Gasteiger partial charge is 0.338 e. The van der Waals surface area contributed by atoms with Gasteiger partial charge in [0.1, 0.15) is 0 Å². The van der Waals surface area contributed by atoms with Gasteiger partial charge in [0, 0.05) is 12.1 Å². The maximum absolute atomic E-state index is 13.4. The lowest BCUT2D eigenvalue weighted by molar-refractivity contribution is 0.327. The second-order valence-electron chi connectivity index (χ2n) is 7.20. The van der Waals surface area contributed by atoms with Gasteiger partial charge in [0.25, 0.3) is 0 Å². The molecule has 2 aromatic carbocycles. The Hall–Kier alpha value is -2.77.